The third-order valence-corrected chi connectivity index (χ3v) is 6.99. The van der Waals surface area contributed by atoms with Crippen molar-refractivity contribution >= 4 is 28.8 Å². The summed E-state index contributed by atoms with van der Waals surface area (Å²) in [5.41, 5.74) is 2.64. The average Bonchev–Trinajstić information content (AvgIpc) is 3.16. The standard InChI is InChI=1S/C25H26N2O5S/c1-5-20-23(28)27-22(21(24(29)31-4)15(2)26-25(27)33-20)17-11-12-18(19(13-17)30-3)32-14-16-9-7-6-8-10-16/h6-13,20,22H,5,14H2,1-4H3/t20-,22+/m0/s1. The van der Waals surface area contributed by atoms with Gasteiger partial charge in [-0.05, 0) is 36.6 Å². The minimum Gasteiger partial charge on any atom is -0.493 e. The third-order valence-electron chi connectivity index (χ3n) is 5.67. The lowest BCUT2D eigenvalue weighted by Crippen LogP contribution is -2.40. The lowest BCUT2D eigenvalue weighted by Gasteiger charge is -2.33. The van der Waals surface area contributed by atoms with Gasteiger partial charge in [-0.3, -0.25) is 9.69 Å². The first-order valence-corrected chi connectivity index (χ1v) is 11.6. The first kappa shape index (κ1) is 22.9. The highest BCUT2D eigenvalue weighted by molar-refractivity contribution is 8.15. The van der Waals surface area contributed by atoms with Crippen molar-refractivity contribution in [3.63, 3.8) is 0 Å². The lowest BCUT2D eigenvalue weighted by molar-refractivity contribution is -0.137. The molecule has 0 spiro atoms. The van der Waals surface area contributed by atoms with Crippen molar-refractivity contribution in [2.45, 2.75) is 38.2 Å². The van der Waals surface area contributed by atoms with Crippen molar-refractivity contribution in [2.24, 2.45) is 4.99 Å². The molecular weight excluding hydrogens is 440 g/mol. The van der Waals surface area contributed by atoms with Crippen LogP contribution in [-0.2, 0) is 20.9 Å². The summed E-state index contributed by atoms with van der Waals surface area (Å²) in [6.07, 6.45) is 0.675. The van der Waals surface area contributed by atoms with Crippen molar-refractivity contribution in [1.29, 1.82) is 0 Å². The number of fused-ring (bicyclic) bond motifs is 1. The second kappa shape index (κ2) is 9.70. The number of amides is 1. The van der Waals surface area contributed by atoms with Crippen LogP contribution >= 0.6 is 11.8 Å². The van der Waals surface area contributed by atoms with E-state index in [0.29, 0.717) is 41.0 Å². The number of carbonyl (C=O) groups is 2. The lowest BCUT2D eigenvalue weighted by atomic mass is 9.94. The molecule has 0 unspecified atom stereocenters. The number of carbonyl (C=O) groups excluding carboxylic acids is 2. The zero-order valence-electron chi connectivity index (χ0n) is 19.0. The summed E-state index contributed by atoms with van der Waals surface area (Å²) in [5.74, 6) is 0.509. The number of amidine groups is 1. The number of benzene rings is 2. The topological polar surface area (TPSA) is 77.4 Å². The van der Waals surface area contributed by atoms with Gasteiger partial charge in [0.1, 0.15) is 6.61 Å². The van der Waals surface area contributed by atoms with E-state index in [2.05, 4.69) is 4.99 Å². The molecule has 4 rings (SSSR count). The largest absolute Gasteiger partial charge is 0.493 e. The molecule has 0 saturated carbocycles. The van der Waals surface area contributed by atoms with Crippen molar-refractivity contribution in [3.8, 4) is 11.5 Å². The number of hydrogen-bond donors (Lipinski definition) is 0. The van der Waals surface area contributed by atoms with E-state index in [1.807, 2.05) is 43.3 Å². The number of allylic oxidation sites excluding steroid dienone is 1. The van der Waals surface area contributed by atoms with Gasteiger partial charge in [0, 0.05) is 0 Å². The van der Waals surface area contributed by atoms with E-state index in [0.717, 1.165) is 11.1 Å². The summed E-state index contributed by atoms with van der Waals surface area (Å²) >= 11 is 1.43. The van der Waals surface area contributed by atoms with Crippen LogP contribution in [0.15, 0.2) is 64.8 Å². The molecule has 2 heterocycles. The fourth-order valence-electron chi connectivity index (χ4n) is 3.98. The predicted octanol–water partition coefficient (Wildman–Crippen LogP) is 4.49. The van der Waals surface area contributed by atoms with Crippen LogP contribution in [0.1, 0.15) is 37.4 Å². The Morgan fingerprint density at radius 2 is 1.88 bits per heavy atom. The van der Waals surface area contributed by atoms with E-state index in [1.54, 1.807) is 31.1 Å². The Bertz CT molecular complexity index is 1130. The van der Waals surface area contributed by atoms with Crippen LogP contribution in [-0.4, -0.2) is 41.4 Å². The second-order valence-corrected chi connectivity index (χ2v) is 8.87. The van der Waals surface area contributed by atoms with Gasteiger partial charge < -0.3 is 14.2 Å². The van der Waals surface area contributed by atoms with E-state index < -0.39 is 12.0 Å². The molecule has 1 saturated heterocycles. The van der Waals surface area contributed by atoms with Gasteiger partial charge >= 0.3 is 5.97 Å². The summed E-state index contributed by atoms with van der Waals surface area (Å²) in [4.78, 5) is 32.1. The van der Waals surface area contributed by atoms with Gasteiger partial charge in [0.2, 0.25) is 5.91 Å². The number of esters is 1. The molecule has 0 aliphatic carbocycles. The van der Waals surface area contributed by atoms with Crippen LogP contribution in [0.25, 0.3) is 0 Å². The maximum Gasteiger partial charge on any atom is 0.338 e. The minimum atomic E-state index is -0.654. The number of hydrogen-bond acceptors (Lipinski definition) is 7. The van der Waals surface area contributed by atoms with E-state index in [1.165, 1.54) is 18.9 Å². The van der Waals surface area contributed by atoms with Crippen molar-refractivity contribution in [1.82, 2.24) is 4.90 Å². The molecule has 0 bridgehead atoms. The first-order chi connectivity index (χ1) is 16.0. The van der Waals surface area contributed by atoms with Crippen molar-refractivity contribution in [2.75, 3.05) is 14.2 Å². The Balaban J connectivity index is 1.72. The quantitative estimate of drug-likeness (QED) is 0.560. The van der Waals surface area contributed by atoms with Crippen LogP contribution in [0.3, 0.4) is 0 Å². The van der Waals surface area contributed by atoms with E-state index in [4.69, 9.17) is 14.2 Å². The number of methoxy groups -OCH3 is 2. The molecule has 172 valence electrons. The molecule has 2 atom stereocenters. The van der Waals surface area contributed by atoms with Crippen molar-refractivity contribution < 1.29 is 23.8 Å². The highest BCUT2D eigenvalue weighted by Crippen LogP contribution is 2.45. The van der Waals surface area contributed by atoms with E-state index in [9.17, 15) is 9.59 Å². The number of ether oxygens (including phenoxy) is 3. The highest BCUT2D eigenvalue weighted by atomic mass is 32.2. The summed E-state index contributed by atoms with van der Waals surface area (Å²) in [7, 11) is 2.89. The Kier molecular flexibility index (Phi) is 6.74. The predicted molar refractivity (Wildman–Crippen MR) is 127 cm³/mol. The first-order valence-electron chi connectivity index (χ1n) is 10.7. The molecule has 1 fully saturated rings. The van der Waals surface area contributed by atoms with Gasteiger partial charge in [-0.25, -0.2) is 9.79 Å². The van der Waals surface area contributed by atoms with Gasteiger partial charge in [0.25, 0.3) is 0 Å². The molecule has 33 heavy (non-hydrogen) atoms. The van der Waals surface area contributed by atoms with Crippen LogP contribution < -0.4 is 9.47 Å². The summed E-state index contributed by atoms with van der Waals surface area (Å²) < 4.78 is 16.6. The molecular formula is C25H26N2O5S. The van der Waals surface area contributed by atoms with Gasteiger partial charge in [-0.2, -0.15) is 0 Å². The fraction of sp³-hybridized carbons (Fsp3) is 0.320. The average molecular weight is 467 g/mol. The summed E-state index contributed by atoms with van der Waals surface area (Å²) in [6.45, 7) is 4.12. The third kappa shape index (κ3) is 4.35. The van der Waals surface area contributed by atoms with Crippen LogP contribution in [0, 0.1) is 0 Å². The van der Waals surface area contributed by atoms with Gasteiger partial charge in [-0.15, -0.1) is 0 Å². The Morgan fingerprint density at radius 1 is 1.12 bits per heavy atom. The van der Waals surface area contributed by atoms with E-state index in [-0.39, 0.29) is 11.2 Å². The van der Waals surface area contributed by atoms with Gasteiger partial charge in [0.05, 0.1) is 36.8 Å². The molecule has 2 aromatic rings. The maximum absolute atomic E-state index is 13.2. The molecule has 1 amide bonds. The molecule has 8 heteroatoms. The summed E-state index contributed by atoms with van der Waals surface area (Å²) in [5, 5.41) is 0.372. The molecule has 2 aliphatic rings. The fourth-order valence-corrected chi connectivity index (χ4v) is 5.12. The Morgan fingerprint density at radius 3 is 2.55 bits per heavy atom. The Labute approximate surface area is 197 Å². The SMILES string of the molecule is CC[C@@H]1SC2=NC(C)=C(C(=O)OC)[C@@H](c3ccc(OCc4ccccc4)c(OC)c3)N2C1=O. The van der Waals surface area contributed by atoms with Crippen LogP contribution in [0.4, 0.5) is 0 Å². The minimum absolute atomic E-state index is 0.0662. The normalized spacial score (nSPS) is 19.8. The zero-order valence-corrected chi connectivity index (χ0v) is 19.8. The molecule has 0 radical (unpaired) electrons. The number of aliphatic imine (C=N–C) groups is 1. The maximum atomic E-state index is 13.2. The molecule has 0 aromatic heterocycles. The van der Waals surface area contributed by atoms with Crippen LogP contribution in [0.5, 0.6) is 11.5 Å². The molecule has 0 N–H and O–H groups in total. The van der Waals surface area contributed by atoms with Crippen LogP contribution in [0.2, 0.25) is 0 Å². The van der Waals surface area contributed by atoms with Crippen molar-refractivity contribution in [3.05, 3.63) is 70.9 Å². The van der Waals surface area contributed by atoms with Gasteiger partial charge in [-0.1, -0.05) is 55.1 Å². The van der Waals surface area contributed by atoms with Gasteiger partial charge in [0.15, 0.2) is 16.7 Å². The highest BCUT2D eigenvalue weighted by Gasteiger charge is 2.47. The molecule has 2 aliphatic heterocycles. The zero-order chi connectivity index (χ0) is 23.5. The number of thioether (sulfide) groups is 1. The number of rotatable bonds is 7. The second-order valence-electron chi connectivity index (χ2n) is 7.70. The monoisotopic (exact) mass is 466 g/mol. The molecule has 2 aromatic carbocycles. The smallest absolute Gasteiger partial charge is 0.338 e. The number of nitrogens with zero attached hydrogens (tertiary/aromatic N) is 2. The van der Waals surface area contributed by atoms with E-state index >= 15 is 0 Å². The molecule has 7 nitrogen and oxygen atoms in total. The Hall–Kier alpha value is -3.26. The summed E-state index contributed by atoms with van der Waals surface area (Å²) in [6, 6.07) is 14.6.